The number of likely N-dealkylation sites (tertiary alicyclic amines) is 1. The zero-order valence-electron chi connectivity index (χ0n) is 8.19. The van der Waals surface area contributed by atoms with Gasteiger partial charge in [0.25, 0.3) is 0 Å². The van der Waals surface area contributed by atoms with Gasteiger partial charge in [-0.25, -0.2) is 0 Å². The summed E-state index contributed by atoms with van der Waals surface area (Å²) in [5.74, 6) is 0.383. The fourth-order valence-electron chi connectivity index (χ4n) is 2.89. The lowest BCUT2D eigenvalue weighted by Gasteiger charge is -2.26. The van der Waals surface area contributed by atoms with Gasteiger partial charge in [0.05, 0.1) is 6.42 Å². The van der Waals surface area contributed by atoms with E-state index in [-0.39, 0.29) is 12.1 Å². The van der Waals surface area contributed by atoms with Crippen molar-refractivity contribution in [3.05, 3.63) is 12.2 Å². The van der Waals surface area contributed by atoms with Crippen molar-refractivity contribution in [2.75, 3.05) is 13.1 Å². The van der Waals surface area contributed by atoms with Crippen LogP contribution in [0.15, 0.2) is 12.2 Å². The zero-order valence-corrected chi connectivity index (χ0v) is 8.19. The van der Waals surface area contributed by atoms with Gasteiger partial charge in [-0.05, 0) is 32.0 Å². The number of hydrogen-bond donors (Lipinski definition) is 0. The molecule has 2 saturated heterocycles. The molecule has 0 saturated carbocycles. The Morgan fingerprint density at radius 2 is 2.07 bits per heavy atom. The van der Waals surface area contributed by atoms with Gasteiger partial charge in [0, 0.05) is 12.0 Å². The SMILES string of the molecule is O=C1C[C@H]2[C@H](N3CCCC3)C=C[C@H]2O1. The first kappa shape index (κ1) is 8.48. The third-order valence-corrected chi connectivity index (χ3v) is 3.59. The molecule has 0 unspecified atom stereocenters. The Morgan fingerprint density at radius 3 is 2.86 bits per heavy atom. The smallest absolute Gasteiger partial charge is 0.306 e. The molecule has 2 fully saturated rings. The highest BCUT2D eigenvalue weighted by molar-refractivity contribution is 5.73. The van der Waals surface area contributed by atoms with Crippen molar-refractivity contribution in [2.45, 2.75) is 31.4 Å². The maximum Gasteiger partial charge on any atom is 0.306 e. The Kier molecular flexibility index (Phi) is 1.87. The summed E-state index contributed by atoms with van der Waals surface area (Å²) in [6.07, 6.45) is 7.59. The van der Waals surface area contributed by atoms with E-state index in [0.717, 1.165) is 0 Å². The van der Waals surface area contributed by atoms with Crippen LogP contribution in [-0.2, 0) is 9.53 Å². The van der Waals surface area contributed by atoms with E-state index in [1.54, 1.807) is 0 Å². The van der Waals surface area contributed by atoms with Crippen LogP contribution in [0.1, 0.15) is 19.3 Å². The van der Waals surface area contributed by atoms with E-state index in [0.29, 0.717) is 18.4 Å². The minimum atomic E-state index is -0.0199. The van der Waals surface area contributed by atoms with Gasteiger partial charge >= 0.3 is 5.97 Å². The molecule has 3 aliphatic rings. The summed E-state index contributed by atoms with van der Waals surface area (Å²) in [5, 5.41) is 0. The second kappa shape index (κ2) is 3.09. The van der Waals surface area contributed by atoms with E-state index < -0.39 is 0 Å². The molecular weight excluding hydrogens is 178 g/mol. The number of carbonyl (C=O) groups excluding carboxylic acids is 1. The first-order valence-electron chi connectivity index (χ1n) is 5.46. The lowest BCUT2D eigenvalue weighted by atomic mass is 9.98. The highest BCUT2D eigenvalue weighted by Crippen LogP contribution is 2.35. The number of hydrogen-bond acceptors (Lipinski definition) is 3. The van der Waals surface area contributed by atoms with Crippen molar-refractivity contribution in [3.8, 4) is 0 Å². The van der Waals surface area contributed by atoms with Crippen molar-refractivity contribution >= 4 is 5.97 Å². The fourth-order valence-corrected chi connectivity index (χ4v) is 2.89. The normalized spacial score (nSPS) is 41.7. The van der Waals surface area contributed by atoms with Gasteiger partial charge in [-0.3, -0.25) is 9.69 Å². The topological polar surface area (TPSA) is 29.5 Å². The third-order valence-electron chi connectivity index (χ3n) is 3.59. The Hall–Kier alpha value is -0.830. The predicted octanol–water partition coefficient (Wildman–Crippen LogP) is 0.952. The predicted molar refractivity (Wildman–Crippen MR) is 51.7 cm³/mol. The van der Waals surface area contributed by atoms with E-state index in [1.807, 2.05) is 0 Å². The quantitative estimate of drug-likeness (QED) is 0.459. The van der Waals surface area contributed by atoms with Crippen molar-refractivity contribution < 1.29 is 9.53 Å². The van der Waals surface area contributed by atoms with E-state index >= 15 is 0 Å². The Labute approximate surface area is 83.7 Å². The summed E-state index contributed by atoms with van der Waals surface area (Å²) < 4.78 is 5.22. The largest absolute Gasteiger partial charge is 0.458 e. The molecule has 0 spiro atoms. The van der Waals surface area contributed by atoms with E-state index in [4.69, 9.17) is 4.74 Å². The first-order valence-corrected chi connectivity index (χ1v) is 5.46. The lowest BCUT2D eigenvalue weighted by molar-refractivity contribution is -0.140. The van der Waals surface area contributed by atoms with Gasteiger partial charge < -0.3 is 4.74 Å². The van der Waals surface area contributed by atoms with Crippen LogP contribution in [0.5, 0.6) is 0 Å². The number of nitrogens with zero attached hydrogens (tertiary/aromatic N) is 1. The van der Waals surface area contributed by atoms with E-state index in [2.05, 4.69) is 17.1 Å². The molecule has 2 aliphatic heterocycles. The van der Waals surface area contributed by atoms with Crippen LogP contribution in [0.4, 0.5) is 0 Å². The summed E-state index contributed by atoms with van der Waals surface area (Å²) in [4.78, 5) is 13.6. The van der Waals surface area contributed by atoms with Crippen LogP contribution in [0.2, 0.25) is 0 Å². The molecule has 2 heterocycles. The van der Waals surface area contributed by atoms with Gasteiger partial charge in [0.1, 0.15) is 6.10 Å². The molecule has 0 amide bonds. The van der Waals surface area contributed by atoms with Gasteiger partial charge in [-0.2, -0.15) is 0 Å². The molecule has 0 bridgehead atoms. The molecule has 0 radical (unpaired) electrons. The van der Waals surface area contributed by atoms with Crippen LogP contribution in [0.25, 0.3) is 0 Å². The van der Waals surface area contributed by atoms with Crippen LogP contribution in [0.3, 0.4) is 0 Å². The summed E-state index contributed by atoms with van der Waals surface area (Å²) in [5.41, 5.74) is 0. The van der Waals surface area contributed by atoms with Crippen molar-refractivity contribution in [2.24, 2.45) is 5.92 Å². The minimum absolute atomic E-state index is 0.0199. The van der Waals surface area contributed by atoms with E-state index in [9.17, 15) is 4.79 Å². The minimum Gasteiger partial charge on any atom is -0.458 e. The second-order valence-corrected chi connectivity index (χ2v) is 4.44. The average Bonchev–Trinajstić information content (AvgIpc) is 2.77. The van der Waals surface area contributed by atoms with Gasteiger partial charge in [0.2, 0.25) is 0 Å². The molecule has 0 aromatic carbocycles. The van der Waals surface area contributed by atoms with Crippen LogP contribution in [-0.4, -0.2) is 36.1 Å². The van der Waals surface area contributed by atoms with Crippen LogP contribution < -0.4 is 0 Å². The number of carbonyl (C=O) groups is 1. The molecule has 0 aromatic rings. The molecule has 76 valence electrons. The maximum atomic E-state index is 11.1. The van der Waals surface area contributed by atoms with Crippen LogP contribution in [0, 0.1) is 5.92 Å². The van der Waals surface area contributed by atoms with Gasteiger partial charge in [-0.15, -0.1) is 0 Å². The maximum absolute atomic E-state index is 11.1. The second-order valence-electron chi connectivity index (χ2n) is 4.44. The monoisotopic (exact) mass is 193 g/mol. The zero-order chi connectivity index (χ0) is 9.54. The van der Waals surface area contributed by atoms with Crippen LogP contribution >= 0.6 is 0 Å². The Balaban J connectivity index is 1.75. The molecule has 3 nitrogen and oxygen atoms in total. The van der Waals surface area contributed by atoms with Crippen molar-refractivity contribution in [1.82, 2.24) is 4.90 Å². The van der Waals surface area contributed by atoms with Gasteiger partial charge in [0.15, 0.2) is 0 Å². The summed E-state index contributed by atoms with van der Waals surface area (Å²) in [6, 6.07) is 0.467. The first-order chi connectivity index (χ1) is 6.84. The highest BCUT2D eigenvalue weighted by atomic mass is 16.5. The van der Waals surface area contributed by atoms with E-state index in [1.165, 1.54) is 25.9 Å². The number of esters is 1. The number of rotatable bonds is 1. The Morgan fingerprint density at radius 1 is 1.29 bits per heavy atom. The summed E-state index contributed by atoms with van der Waals surface area (Å²) in [7, 11) is 0. The summed E-state index contributed by atoms with van der Waals surface area (Å²) in [6.45, 7) is 2.37. The third kappa shape index (κ3) is 1.19. The number of fused-ring (bicyclic) bond motifs is 1. The van der Waals surface area contributed by atoms with Gasteiger partial charge in [-0.1, -0.05) is 6.08 Å². The van der Waals surface area contributed by atoms with Crippen molar-refractivity contribution in [1.29, 1.82) is 0 Å². The molecular formula is C11H15NO2. The summed E-state index contributed by atoms with van der Waals surface area (Å²) >= 11 is 0. The number of ether oxygens (including phenoxy) is 1. The molecule has 3 heteroatoms. The highest BCUT2D eigenvalue weighted by Gasteiger charge is 2.43. The standard InChI is InChI=1S/C11H15NO2/c13-11-7-8-9(3-4-10(8)14-11)12-5-1-2-6-12/h3-4,8-10H,1-2,5-7H2/t8-,9+,10+/m0/s1. The molecule has 14 heavy (non-hydrogen) atoms. The average molecular weight is 193 g/mol. The lowest BCUT2D eigenvalue weighted by Crippen LogP contribution is -2.36. The molecule has 1 aliphatic carbocycles. The molecule has 0 N–H and O–H groups in total. The molecule has 3 atom stereocenters. The molecule has 0 aromatic heterocycles. The fraction of sp³-hybridized carbons (Fsp3) is 0.727. The Bertz CT molecular complexity index is 281. The van der Waals surface area contributed by atoms with Crippen molar-refractivity contribution in [3.63, 3.8) is 0 Å². The molecule has 3 rings (SSSR count).